The summed E-state index contributed by atoms with van der Waals surface area (Å²) in [4.78, 5) is 50.4. The molecular formula is C41H53N9O6S. The first-order valence-corrected chi connectivity index (χ1v) is 20.6. The van der Waals surface area contributed by atoms with E-state index >= 15 is 0 Å². The van der Waals surface area contributed by atoms with Crippen LogP contribution in [0, 0.1) is 5.92 Å². The second-order valence-electron chi connectivity index (χ2n) is 14.9. The van der Waals surface area contributed by atoms with Crippen molar-refractivity contribution in [2.45, 2.75) is 83.6 Å². The summed E-state index contributed by atoms with van der Waals surface area (Å²) in [5, 5.41) is 17.3. The Morgan fingerprint density at radius 1 is 0.930 bits per heavy atom. The molecule has 15 nitrogen and oxygen atoms in total. The van der Waals surface area contributed by atoms with Gasteiger partial charge in [0.15, 0.2) is 0 Å². The van der Waals surface area contributed by atoms with Crippen LogP contribution in [0.4, 0.5) is 4.79 Å². The van der Waals surface area contributed by atoms with Crippen molar-refractivity contribution in [3.63, 3.8) is 0 Å². The number of aliphatic hydroxyl groups is 1. The molecule has 0 spiro atoms. The van der Waals surface area contributed by atoms with Crippen LogP contribution >= 0.6 is 11.3 Å². The third-order valence-corrected chi connectivity index (χ3v) is 11.8. The zero-order valence-corrected chi connectivity index (χ0v) is 34.0. The average molecular weight is 800 g/mol. The third-order valence-electron chi connectivity index (χ3n) is 10.9. The van der Waals surface area contributed by atoms with Crippen molar-refractivity contribution in [3.05, 3.63) is 66.0 Å². The van der Waals surface area contributed by atoms with Crippen LogP contribution in [0.1, 0.15) is 76.6 Å². The normalized spacial score (nSPS) is 19.0. The highest BCUT2D eigenvalue weighted by atomic mass is 32.1. The number of amides is 2. The van der Waals surface area contributed by atoms with Crippen LogP contribution in [-0.4, -0.2) is 111 Å². The summed E-state index contributed by atoms with van der Waals surface area (Å²) in [6.45, 7) is 7.98. The van der Waals surface area contributed by atoms with Gasteiger partial charge in [-0.3, -0.25) is 15.0 Å². The van der Waals surface area contributed by atoms with Crippen LogP contribution in [0.15, 0.2) is 54.3 Å². The van der Waals surface area contributed by atoms with Gasteiger partial charge < -0.3 is 39.5 Å². The van der Waals surface area contributed by atoms with Gasteiger partial charge in [-0.15, -0.1) is 11.3 Å². The fourth-order valence-corrected chi connectivity index (χ4v) is 8.81. The molecule has 2 fully saturated rings. The van der Waals surface area contributed by atoms with Crippen molar-refractivity contribution in [3.8, 4) is 33.6 Å². The van der Waals surface area contributed by atoms with Gasteiger partial charge >= 0.3 is 6.09 Å². The predicted molar refractivity (Wildman–Crippen MR) is 218 cm³/mol. The number of imidazole rings is 2. The molecule has 0 aliphatic carbocycles. The maximum Gasteiger partial charge on any atom is 0.407 e. The zero-order valence-electron chi connectivity index (χ0n) is 33.2. The number of alkyl carbamates (subject to hydrolysis) is 1. The van der Waals surface area contributed by atoms with Gasteiger partial charge in [-0.25, -0.2) is 19.7 Å². The Balaban J connectivity index is 1.04. The molecular weight excluding hydrogens is 747 g/mol. The number of hydrogen-bond donors (Lipinski definition) is 5. The van der Waals surface area contributed by atoms with Gasteiger partial charge in [0.05, 0.1) is 77.9 Å². The molecule has 2 aliphatic heterocycles. The van der Waals surface area contributed by atoms with Crippen LogP contribution < -0.4 is 10.6 Å². The fourth-order valence-electron chi connectivity index (χ4n) is 7.96. The van der Waals surface area contributed by atoms with Gasteiger partial charge in [0.1, 0.15) is 17.9 Å². The lowest BCUT2D eigenvalue weighted by Gasteiger charge is -2.35. The predicted octanol–water partition coefficient (Wildman–Crippen LogP) is 6.19. The molecule has 2 aromatic carbocycles. The number of aliphatic hydroxyl groups excluding tert-OH is 1. The number of nitrogens with one attached hydrogen (secondary N) is 4. The molecule has 5 aromatic rings. The van der Waals surface area contributed by atoms with Crippen LogP contribution in [-0.2, 0) is 19.0 Å². The van der Waals surface area contributed by atoms with Gasteiger partial charge in [-0.1, -0.05) is 51.1 Å². The van der Waals surface area contributed by atoms with Crippen LogP contribution in [0.2, 0.25) is 0 Å². The van der Waals surface area contributed by atoms with E-state index in [0.29, 0.717) is 19.7 Å². The average Bonchev–Trinajstić information content (AvgIpc) is 4.08. The lowest BCUT2D eigenvalue weighted by atomic mass is 10.00. The van der Waals surface area contributed by atoms with Gasteiger partial charge in [0, 0.05) is 31.3 Å². The number of methoxy groups -OCH3 is 2. The van der Waals surface area contributed by atoms with Crippen molar-refractivity contribution < 1.29 is 28.9 Å². The highest BCUT2D eigenvalue weighted by Gasteiger charge is 2.38. The van der Waals surface area contributed by atoms with E-state index in [1.807, 2.05) is 48.5 Å². The molecule has 0 bridgehead atoms. The molecule has 2 amide bonds. The lowest BCUT2D eigenvalue weighted by molar-refractivity contribution is -0.151. The summed E-state index contributed by atoms with van der Waals surface area (Å²) in [7, 11) is 2.88. The van der Waals surface area contributed by atoms with E-state index in [0.717, 1.165) is 87.6 Å². The number of nitrogens with zero attached hydrogens (tertiary/aromatic N) is 5. The molecule has 0 saturated carbocycles. The second kappa shape index (κ2) is 18.3. The van der Waals surface area contributed by atoms with E-state index < -0.39 is 24.8 Å². The zero-order chi connectivity index (χ0) is 40.1. The maximum absolute atomic E-state index is 13.2. The number of benzene rings is 2. The number of carbonyl (C=O) groups excluding carboxylic acids is 2. The largest absolute Gasteiger partial charge is 0.453 e. The van der Waals surface area contributed by atoms with Crippen molar-refractivity contribution in [2.24, 2.45) is 5.92 Å². The quantitative estimate of drug-likeness (QED) is 0.0718. The Hall–Kier alpha value is -4.71. The summed E-state index contributed by atoms with van der Waals surface area (Å²) in [6.07, 6.45) is 5.92. The van der Waals surface area contributed by atoms with Crippen molar-refractivity contribution in [1.29, 1.82) is 0 Å². The van der Waals surface area contributed by atoms with E-state index in [4.69, 9.17) is 29.2 Å². The molecule has 5 N–H and O–H groups in total. The SMILES string of the molecule is CCCOC(NCC(=O)N1CCC[C@H]1c1ncc(-c2ccc(-c3ccc(-c4cnc([C@@H]5CCCN5C(O)[C@@H](NC(=O)OC)C(C)C)[nH]4)c4ncsc34)cc2)[nH]1)OC. The van der Waals surface area contributed by atoms with Crippen molar-refractivity contribution in [1.82, 2.24) is 45.4 Å². The maximum atomic E-state index is 13.2. The topological polar surface area (TPSA) is 183 Å². The van der Waals surface area contributed by atoms with Gasteiger partial charge in [0.2, 0.25) is 12.3 Å². The molecule has 57 heavy (non-hydrogen) atoms. The Bertz CT molecular complexity index is 2120. The summed E-state index contributed by atoms with van der Waals surface area (Å²) >= 11 is 1.60. The molecule has 2 unspecified atom stereocenters. The first kappa shape index (κ1) is 40.5. The van der Waals surface area contributed by atoms with Crippen molar-refractivity contribution >= 4 is 33.6 Å². The van der Waals surface area contributed by atoms with Gasteiger partial charge in [-0.2, -0.15) is 0 Å². The molecule has 304 valence electrons. The Morgan fingerprint density at radius 2 is 1.61 bits per heavy atom. The van der Waals surface area contributed by atoms with E-state index in [-0.39, 0.29) is 30.5 Å². The molecule has 7 rings (SSSR count). The number of H-pyrrole nitrogens is 2. The molecule has 5 heterocycles. The van der Waals surface area contributed by atoms with E-state index in [1.165, 1.54) is 7.11 Å². The van der Waals surface area contributed by atoms with Crippen LogP contribution in [0.5, 0.6) is 0 Å². The van der Waals surface area contributed by atoms with E-state index in [1.54, 1.807) is 18.4 Å². The minimum Gasteiger partial charge on any atom is -0.453 e. The highest BCUT2D eigenvalue weighted by Crippen LogP contribution is 2.39. The van der Waals surface area contributed by atoms with Gasteiger partial charge in [0.25, 0.3) is 0 Å². The Labute approximate surface area is 336 Å². The molecule has 16 heteroatoms. The first-order valence-electron chi connectivity index (χ1n) is 19.7. The fraction of sp³-hybridized carbons (Fsp3) is 0.488. The Kier molecular flexibility index (Phi) is 13.0. The number of hydrogen-bond acceptors (Lipinski definition) is 12. The molecule has 2 aliphatic rings. The molecule has 3 aromatic heterocycles. The summed E-state index contributed by atoms with van der Waals surface area (Å²) < 4.78 is 16.8. The monoisotopic (exact) mass is 799 g/mol. The molecule has 2 saturated heterocycles. The number of rotatable bonds is 16. The summed E-state index contributed by atoms with van der Waals surface area (Å²) in [5.41, 5.74) is 8.60. The first-order chi connectivity index (χ1) is 27.7. The van der Waals surface area contributed by atoms with Gasteiger partial charge in [-0.05, 0) is 55.2 Å². The minimum atomic E-state index is -0.904. The number of carbonyl (C=O) groups is 2. The summed E-state index contributed by atoms with van der Waals surface area (Å²) in [6, 6.07) is 11.8. The van der Waals surface area contributed by atoms with Crippen LogP contribution in [0.3, 0.4) is 0 Å². The molecule has 5 atom stereocenters. The summed E-state index contributed by atoms with van der Waals surface area (Å²) in [5.74, 6) is 1.52. The second-order valence-corrected chi connectivity index (χ2v) is 15.8. The third kappa shape index (κ3) is 8.76. The minimum absolute atomic E-state index is 0.0141. The Morgan fingerprint density at radius 3 is 2.35 bits per heavy atom. The standard InChI is InChI=1S/C41H53N9O6S/c1-6-19-56-41(55-5)44-22-33(51)49-17-7-9-31(49)37-42-20-29(46-37)26-13-11-25(12-14-26)27-15-16-28(35-36(27)57-23-45-35)30-21-43-38(47-30)32-10-8-18-50(32)39(52)34(24(2)3)48-40(53)54-4/h11-16,20-21,23-24,31-32,34,39,41,44,52H,6-10,17-19,22H2,1-5H3,(H,42,46)(H,43,47)(H,48,53)/t31-,32-,34-,39?,41?/m0/s1. The molecule has 0 radical (unpaired) electrons. The number of likely N-dealkylation sites (tertiary alicyclic amines) is 2. The highest BCUT2D eigenvalue weighted by molar-refractivity contribution is 7.17. The van der Waals surface area contributed by atoms with Crippen LogP contribution in [0.25, 0.3) is 43.9 Å². The number of thiazole rings is 1. The lowest BCUT2D eigenvalue weighted by Crippen LogP contribution is -2.54. The number of ether oxygens (including phenoxy) is 3. The number of fused-ring (bicyclic) bond motifs is 1. The number of aromatic amines is 2. The smallest absolute Gasteiger partial charge is 0.407 e. The van der Waals surface area contributed by atoms with E-state index in [2.05, 4.69) is 57.0 Å². The van der Waals surface area contributed by atoms with Crippen molar-refractivity contribution in [2.75, 3.05) is 40.5 Å². The number of aromatic nitrogens is 5. The van der Waals surface area contributed by atoms with E-state index in [9.17, 15) is 14.7 Å².